The zero-order valence-corrected chi connectivity index (χ0v) is 18.2. The van der Waals surface area contributed by atoms with Crippen molar-refractivity contribution < 1.29 is 24.1 Å². The predicted molar refractivity (Wildman–Crippen MR) is 123 cm³/mol. The number of benzene rings is 2. The number of aromatic nitrogens is 1. The number of hydrazine groups is 1. The summed E-state index contributed by atoms with van der Waals surface area (Å²) in [6, 6.07) is 15.3. The molecule has 1 N–H and O–H groups in total. The van der Waals surface area contributed by atoms with Gasteiger partial charge in [-0.2, -0.15) is 0 Å². The number of carbonyl (C=O) groups excluding carboxylic acids is 4. The van der Waals surface area contributed by atoms with Gasteiger partial charge in [0.15, 0.2) is 0 Å². The van der Waals surface area contributed by atoms with Crippen molar-refractivity contribution in [2.24, 2.45) is 0 Å². The van der Waals surface area contributed by atoms with Crippen LogP contribution in [-0.2, 0) is 20.8 Å². The maximum atomic E-state index is 13.3. The molecule has 0 spiro atoms. The minimum atomic E-state index is -1.33. The number of nitro benzene ring substituents is 1. The number of nitrogens with one attached hydrogen (secondary N) is 1. The third-order valence-electron chi connectivity index (χ3n) is 5.36. The third-order valence-corrected chi connectivity index (χ3v) is 5.36. The topological polar surface area (TPSA) is 143 Å². The van der Waals surface area contributed by atoms with Crippen molar-refractivity contribution in [3.8, 4) is 0 Å². The summed E-state index contributed by atoms with van der Waals surface area (Å²) in [5.41, 5.74) is 3.01. The standard InChI is InChI=1S/C24H19N5O6/c30-21-15-20(24(33)27(21)18-7-4-8-19(14-18)29(34)35)28(22(31)13-16-5-2-1-3-6-16)26-23(32)17-9-11-25-12-10-17/h1-12,14,20H,13,15H2,(H,26,32)/t20-/m0/s1. The highest BCUT2D eigenvalue weighted by molar-refractivity contribution is 6.23. The first-order chi connectivity index (χ1) is 16.8. The molecule has 11 heteroatoms. The van der Waals surface area contributed by atoms with Crippen LogP contribution in [0, 0.1) is 10.1 Å². The third kappa shape index (κ3) is 5.03. The number of non-ortho nitro benzene ring substituents is 1. The van der Waals surface area contributed by atoms with Crippen molar-refractivity contribution in [3.63, 3.8) is 0 Å². The van der Waals surface area contributed by atoms with Gasteiger partial charge in [-0.3, -0.25) is 39.7 Å². The number of pyridine rings is 1. The van der Waals surface area contributed by atoms with Crippen LogP contribution in [0.1, 0.15) is 22.3 Å². The SMILES string of the molecule is O=C(NN(C(=O)Cc1ccccc1)[C@H]1CC(=O)N(c2cccc([N+](=O)[O-])c2)C1=O)c1ccncc1. The Morgan fingerprint density at radius 3 is 2.46 bits per heavy atom. The monoisotopic (exact) mass is 473 g/mol. The normalized spacial score (nSPS) is 15.1. The van der Waals surface area contributed by atoms with Gasteiger partial charge in [0.25, 0.3) is 17.5 Å². The predicted octanol–water partition coefficient (Wildman–Crippen LogP) is 2.04. The lowest BCUT2D eigenvalue weighted by Gasteiger charge is -2.28. The molecule has 4 amide bonds. The van der Waals surface area contributed by atoms with Gasteiger partial charge in [0.05, 0.1) is 23.5 Å². The molecule has 1 saturated heterocycles. The molecule has 1 aliphatic rings. The Kier molecular flexibility index (Phi) is 6.58. The van der Waals surface area contributed by atoms with Crippen LogP contribution in [0.2, 0.25) is 0 Å². The summed E-state index contributed by atoms with van der Waals surface area (Å²) in [6.07, 6.45) is 2.27. The van der Waals surface area contributed by atoms with Crippen molar-refractivity contribution >= 4 is 35.0 Å². The molecule has 35 heavy (non-hydrogen) atoms. The van der Waals surface area contributed by atoms with Crippen molar-refractivity contribution in [2.75, 3.05) is 4.90 Å². The Morgan fingerprint density at radius 1 is 1.06 bits per heavy atom. The second-order valence-corrected chi connectivity index (χ2v) is 7.67. The number of hydrogen-bond acceptors (Lipinski definition) is 7. The molecule has 1 atom stereocenters. The van der Waals surface area contributed by atoms with Gasteiger partial charge in [-0.25, -0.2) is 9.91 Å². The molecule has 176 valence electrons. The Morgan fingerprint density at radius 2 is 1.77 bits per heavy atom. The van der Waals surface area contributed by atoms with E-state index in [4.69, 9.17) is 0 Å². The lowest BCUT2D eigenvalue weighted by Crippen LogP contribution is -2.55. The first-order valence-corrected chi connectivity index (χ1v) is 10.5. The van der Waals surface area contributed by atoms with Gasteiger partial charge in [-0.1, -0.05) is 36.4 Å². The smallest absolute Gasteiger partial charge is 0.271 e. The average Bonchev–Trinajstić information content (AvgIpc) is 3.16. The first kappa shape index (κ1) is 23.2. The molecule has 0 unspecified atom stereocenters. The highest BCUT2D eigenvalue weighted by atomic mass is 16.6. The van der Waals surface area contributed by atoms with Crippen LogP contribution in [0.4, 0.5) is 11.4 Å². The zero-order valence-electron chi connectivity index (χ0n) is 18.2. The fourth-order valence-electron chi connectivity index (χ4n) is 3.68. The van der Waals surface area contributed by atoms with E-state index < -0.39 is 41.0 Å². The molecule has 0 aliphatic carbocycles. The van der Waals surface area contributed by atoms with E-state index >= 15 is 0 Å². The quantitative estimate of drug-likeness (QED) is 0.328. The van der Waals surface area contributed by atoms with Crippen molar-refractivity contribution in [1.82, 2.24) is 15.4 Å². The molecule has 1 aromatic heterocycles. The number of rotatable bonds is 6. The second kappa shape index (κ2) is 9.91. The average molecular weight is 473 g/mol. The molecule has 2 heterocycles. The lowest BCUT2D eigenvalue weighted by atomic mass is 10.1. The minimum Gasteiger partial charge on any atom is -0.274 e. The molecule has 0 bridgehead atoms. The molecular weight excluding hydrogens is 454 g/mol. The first-order valence-electron chi connectivity index (χ1n) is 10.5. The van der Waals surface area contributed by atoms with Crippen molar-refractivity contribution in [2.45, 2.75) is 18.9 Å². The summed E-state index contributed by atoms with van der Waals surface area (Å²) in [4.78, 5) is 67.3. The van der Waals surface area contributed by atoms with Crippen LogP contribution in [0.3, 0.4) is 0 Å². The van der Waals surface area contributed by atoms with E-state index in [1.54, 1.807) is 30.3 Å². The summed E-state index contributed by atoms with van der Waals surface area (Å²) in [7, 11) is 0. The van der Waals surface area contributed by atoms with Gasteiger partial charge in [0, 0.05) is 30.1 Å². The molecule has 1 aliphatic heterocycles. The van der Waals surface area contributed by atoms with Crippen LogP contribution in [0.25, 0.3) is 0 Å². The van der Waals surface area contributed by atoms with Crippen molar-refractivity contribution in [3.05, 3.63) is 100 Å². The number of amides is 4. The maximum Gasteiger partial charge on any atom is 0.271 e. The van der Waals surface area contributed by atoms with E-state index in [9.17, 15) is 29.3 Å². The number of nitrogens with zero attached hydrogens (tertiary/aromatic N) is 4. The van der Waals surface area contributed by atoms with Crippen LogP contribution in [0.15, 0.2) is 79.1 Å². The summed E-state index contributed by atoms with van der Waals surface area (Å²) < 4.78 is 0. The molecule has 4 rings (SSSR count). The summed E-state index contributed by atoms with van der Waals surface area (Å²) >= 11 is 0. The highest BCUT2D eigenvalue weighted by Gasteiger charge is 2.45. The minimum absolute atomic E-state index is 0.00705. The lowest BCUT2D eigenvalue weighted by molar-refractivity contribution is -0.384. The molecule has 3 aromatic rings. The van der Waals surface area contributed by atoms with Gasteiger partial charge in [0.1, 0.15) is 6.04 Å². The number of hydrogen-bond donors (Lipinski definition) is 1. The van der Waals surface area contributed by atoms with E-state index in [0.717, 1.165) is 16.0 Å². The largest absolute Gasteiger partial charge is 0.274 e. The van der Waals surface area contributed by atoms with Crippen LogP contribution >= 0.6 is 0 Å². The molecule has 0 radical (unpaired) electrons. The Balaban J connectivity index is 1.64. The highest BCUT2D eigenvalue weighted by Crippen LogP contribution is 2.28. The Hall–Kier alpha value is -4.93. The molecule has 11 nitrogen and oxygen atoms in total. The van der Waals surface area contributed by atoms with Gasteiger partial charge in [0.2, 0.25) is 11.8 Å². The zero-order chi connectivity index (χ0) is 24.9. The van der Waals surface area contributed by atoms with E-state index in [2.05, 4.69) is 10.4 Å². The van der Waals surface area contributed by atoms with Gasteiger partial charge in [-0.15, -0.1) is 0 Å². The van der Waals surface area contributed by atoms with Gasteiger partial charge >= 0.3 is 0 Å². The van der Waals surface area contributed by atoms with Crippen molar-refractivity contribution in [1.29, 1.82) is 0 Å². The summed E-state index contributed by atoms with van der Waals surface area (Å²) in [5.74, 6) is -2.71. The van der Waals surface area contributed by atoms with Crippen LogP contribution < -0.4 is 10.3 Å². The Bertz CT molecular complexity index is 1300. The fraction of sp³-hybridized carbons (Fsp3) is 0.125. The molecule has 1 fully saturated rings. The summed E-state index contributed by atoms with van der Waals surface area (Å²) in [5, 5.41) is 12.0. The van der Waals surface area contributed by atoms with Gasteiger partial charge < -0.3 is 0 Å². The van der Waals surface area contributed by atoms with E-state index in [0.29, 0.717) is 5.56 Å². The molecule has 0 saturated carbocycles. The fourth-order valence-corrected chi connectivity index (χ4v) is 3.68. The number of carbonyl (C=O) groups is 4. The maximum absolute atomic E-state index is 13.3. The van der Waals surface area contributed by atoms with Gasteiger partial charge in [-0.05, 0) is 23.8 Å². The number of nitro groups is 1. The van der Waals surface area contributed by atoms with E-state index in [1.807, 2.05) is 0 Å². The van der Waals surface area contributed by atoms with E-state index in [-0.39, 0.29) is 23.4 Å². The second-order valence-electron chi connectivity index (χ2n) is 7.67. The van der Waals surface area contributed by atoms with Crippen LogP contribution in [-0.4, -0.2) is 44.6 Å². The summed E-state index contributed by atoms with van der Waals surface area (Å²) in [6.45, 7) is 0. The number of anilines is 1. The molecule has 2 aromatic carbocycles. The number of imide groups is 1. The Labute approximate surface area is 199 Å². The van der Waals surface area contributed by atoms with E-state index in [1.165, 1.54) is 42.7 Å². The van der Waals surface area contributed by atoms with Crippen LogP contribution in [0.5, 0.6) is 0 Å². The molecular formula is C24H19N5O6.